The van der Waals surface area contributed by atoms with Crippen molar-refractivity contribution in [1.29, 1.82) is 0 Å². The van der Waals surface area contributed by atoms with Gasteiger partial charge in [-0.25, -0.2) is 0 Å². The molecule has 0 amide bonds. The molecule has 0 bridgehead atoms. The number of hydrogen-bond donors (Lipinski definition) is 2. The molecule has 0 unspecified atom stereocenters. The number of nitrogens with two attached hydrogens (primary N) is 1. The van der Waals surface area contributed by atoms with E-state index in [9.17, 15) is 0 Å². The Balaban J connectivity index is 2.03. The SMILES string of the molecule is COc1ccccc1NC1(CN)CCN(CC(C)C)CC1. The van der Waals surface area contributed by atoms with Crippen molar-refractivity contribution in [2.75, 3.05) is 38.6 Å². The number of hydrogen-bond acceptors (Lipinski definition) is 4. The minimum Gasteiger partial charge on any atom is -0.495 e. The summed E-state index contributed by atoms with van der Waals surface area (Å²) in [6, 6.07) is 8.07. The normalized spacial score (nSPS) is 18.7. The van der Waals surface area contributed by atoms with Crippen molar-refractivity contribution < 1.29 is 4.74 Å². The standard InChI is InChI=1S/C17H29N3O/c1-14(2)12-20-10-8-17(13-18,9-11-20)19-15-6-4-5-7-16(15)21-3/h4-7,14,19H,8-13,18H2,1-3H3. The molecule has 2 rings (SSSR count). The Morgan fingerprint density at radius 3 is 2.52 bits per heavy atom. The van der Waals surface area contributed by atoms with Crippen LogP contribution in [0.15, 0.2) is 24.3 Å². The summed E-state index contributed by atoms with van der Waals surface area (Å²) in [4.78, 5) is 2.54. The van der Waals surface area contributed by atoms with Crippen LogP contribution < -0.4 is 15.8 Å². The van der Waals surface area contributed by atoms with Gasteiger partial charge < -0.3 is 20.7 Å². The van der Waals surface area contributed by atoms with E-state index < -0.39 is 0 Å². The lowest BCUT2D eigenvalue weighted by Crippen LogP contribution is -2.54. The molecule has 0 aliphatic carbocycles. The Kier molecular flexibility index (Phi) is 5.48. The van der Waals surface area contributed by atoms with Crippen LogP contribution in [0.2, 0.25) is 0 Å². The molecular weight excluding hydrogens is 262 g/mol. The van der Waals surface area contributed by atoms with Crippen LogP contribution in [0.4, 0.5) is 5.69 Å². The molecule has 0 atom stereocenters. The predicted octanol–water partition coefficient (Wildman–Crippen LogP) is 2.56. The van der Waals surface area contributed by atoms with Gasteiger partial charge in [-0.15, -0.1) is 0 Å². The quantitative estimate of drug-likeness (QED) is 0.846. The Morgan fingerprint density at radius 2 is 1.95 bits per heavy atom. The van der Waals surface area contributed by atoms with E-state index in [-0.39, 0.29) is 5.54 Å². The van der Waals surface area contributed by atoms with Gasteiger partial charge in [-0.2, -0.15) is 0 Å². The molecule has 3 N–H and O–H groups in total. The first-order valence-corrected chi connectivity index (χ1v) is 7.92. The van der Waals surface area contributed by atoms with Crippen LogP contribution in [0.3, 0.4) is 0 Å². The van der Waals surface area contributed by atoms with Gasteiger partial charge in [-0.3, -0.25) is 0 Å². The van der Waals surface area contributed by atoms with Gasteiger partial charge in [-0.1, -0.05) is 26.0 Å². The summed E-state index contributed by atoms with van der Waals surface area (Å²) in [5, 5.41) is 3.66. The number of rotatable bonds is 6. The predicted molar refractivity (Wildman–Crippen MR) is 88.9 cm³/mol. The summed E-state index contributed by atoms with van der Waals surface area (Å²) in [7, 11) is 1.71. The first-order chi connectivity index (χ1) is 10.1. The molecule has 118 valence electrons. The lowest BCUT2D eigenvalue weighted by atomic mass is 9.86. The van der Waals surface area contributed by atoms with Gasteiger partial charge >= 0.3 is 0 Å². The molecule has 0 radical (unpaired) electrons. The molecule has 1 saturated heterocycles. The van der Waals surface area contributed by atoms with Gasteiger partial charge in [0.05, 0.1) is 18.3 Å². The number of piperidine rings is 1. The Morgan fingerprint density at radius 1 is 1.29 bits per heavy atom. The van der Waals surface area contributed by atoms with E-state index in [4.69, 9.17) is 10.5 Å². The molecular formula is C17H29N3O. The molecule has 1 fully saturated rings. The highest BCUT2D eigenvalue weighted by Gasteiger charge is 2.33. The van der Waals surface area contributed by atoms with E-state index in [1.807, 2.05) is 18.2 Å². The smallest absolute Gasteiger partial charge is 0.141 e. The van der Waals surface area contributed by atoms with Crippen LogP contribution in [0.25, 0.3) is 0 Å². The minimum atomic E-state index is -0.0118. The average Bonchev–Trinajstić information content (AvgIpc) is 2.49. The number of anilines is 1. The Bertz CT molecular complexity index is 439. The third kappa shape index (κ3) is 4.11. The van der Waals surface area contributed by atoms with Gasteiger partial charge in [0.1, 0.15) is 5.75 Å². The highest BCUT2D eigenvalue weighted by Crippen LogP contribution is 2.31. The third-order valence-electron chi connectivity index (χ3n) is 4.33. The molecule has 0 spiro atoms. The number of likely N-dealkylation sites (tertiary alicyclic amines) is 1. The first kappa shape index (κ1) is 16.1. The second-order valence-corrected chi connectivity index (χ2v) is 6.50. The summed E-state index contributed by atoms with van der Waals surface area (Å²) in [6.45, 7) is 8.60. The Labute approximate surface area is 128 Å². The van der Waals surface area contributed by atoms with E-state index >= 15 is 0 Å². The van der Waals surface area contributed by atoms with E-state index in [1.165, 1.54) is 6.54 Å². The summed E-state index contributed by atoms with van der Waals surface area (Å²) in [5.74, 6) is 1.60. The van der Waals surface area contributed by atoms with Crippen LogP contribution in [-0.4, -0.2) is 43.7 Å². The van der Waals surface area contributed by atoms with Crippen molar-refractivity contribution in [3.8, 4) is 5.75 Å². The third-order valence-corrected chi connectivity index (χ3v) is 4.33. The maximum atomic E-state index is 6.10. The van der Waals surface area contributed by atoms with Crippen molar-refractivity contribution in [3.63, 3.8) is 0 Å². The maximum Gasteiger partial charge on any atom is 0.141 e. The van der Waals surface area contributed by atoms with Crippen LogP contribution >= 0.6 is 0 Å². The highest BCUT2D eigenvalue weighted by molar-refractivity contribution is 5.57. The number of ether oxygens (including phenoxy) is 1. The summed E-state index contributed by atoms with van der Waals surface area (Å²) in [5.41, 5.74) is 7.13. The van der Waals surface area contributed by atoms with Gasteiger partial charge in [0.25, 0.3) is 0 Å². The zero-order chi connectivity index (χ0) is 15.3. The number of methoxy groups -OCH3 is 1. The molecule has 1 aromatic carbocycles. The highest BCUT2D eigenvalue weighted by atomic mass is 16.5. The van der Waals surface area contributed by atoms with Crippen molar-refractivity contribution in [2.24, 2.45) is 11.7 Å². The molecule has 21 heavy (non-hydrogen) atoms. The summed E-state index contributed by atoms with van der Waals surface area (Å²) >= 11 is 0. The van der Waals surface area contributed by atoms with Gasteiger partial charge in [0.15, 0.2) is 0 Å². The van der Waals surface area contributed by atoms with Crippen molar-refractivity contribution in [2.45, 2.75) is 32.2 Å². The molecule has 0 saturated carbocycles. The molecule has 4 nitrogen and oxygen atoms in total. The average molecular weight is 291 g/mol. The number of nitrogens with one attached hydrogen (secondary N) is 1. The zero-order valence-corrected chi connectivity index (χ0v) is 13.6. The van der Waals surface area contributed by atoms with E-state index in [0.717, 1.165) is 43.3 Å². The second-order valence-electron chi connectivity index (χ2n) is 6.50. The zero-order valence-electron chi connectivity index (χ0n) is 13.6. The lowest BCUT2D eigenvalue weighted by Gasteiger charge is -2.43. The van der Waals surface area contributed by atoms with Crippen molar-refractivity contribution in [1.82, 2.24) is 4.90 Å². The van der Waals surface area contributed by atoms with E-state index in [0.29, 0.717) is 6.54 Å². The summed E-state index contributed by atoms with van der Waals surface area (Å²) < 4.78 is 5.44. The van der Waals surface area contributed by atoms with Crippen LogP contribution in [0.1, 0.15) is 26.7 Å². The monoisotopic (exact) mass is 291 g/mol. The van der Waals surface area contributed by atoms with Gasteiger partial charge in [0.2, 0.25) is 0 Å². The number of benzene rings is 1. The second kappa shape index (κ2) is 7.14. The van der Waals surface area contributed by atoms with Crippen LogP contribution in [-0.2, 0) is 0 Å². The fourth-order valence-corrected chi connectivity index (χ4v) is 3.09. The maximum absolute atomic E-state index is 6.10. The molecule has 1 aliphatic rings. The fraction of sp³-hybridized carbons (Fsp3) is 0.647. The number of para-hydroxylation sites is 2. The van der Waals surface area contributed by atoms with Gasteiger partial charge in [-0.05, 0) is 30.9 Å². The van der Waals surface area contributed by atoms with Crippen LogP contribution in [0, 0.1) is 5.92 Å². The number of nitrogens with zero attached hydrogens (tertiary/aromatic N) is 1. The molecule has 1 heterocycles. The molecule has 0 aromatic heterocycles. The first-order valence-electron chi connectivity index (χ1n) is 7.92. The summed E-state index contributed by atoms with van der Waals surface area (Å²) in [6.07, 6.45) is 2.16. The van der Waals surface area contributed by atoms with Crippen LogP contribution in [0.5, 0.6) is 5.75 Å². The van der Waals surface area contributed by atoms with Gasteiger partial charge in [0, 0.05) is 26.2 Å². The Hall–Kier alpha value is -1.26. The van der Waals surface area contributed by atoms with Crippen molar-refractivity contribution >= 4 is 5.69 Å². The largest absolute Gasteiger partial charge is 0.495 e. The minimum absolute atomic E-state index is 0.0118. The van der Waals surface area contributed by atoms with Crippen molar-refractivity contribution in [3.05, 3.63) is 24.3 Å². The lowest BCUT2D eigenvalue weighted by molar-refractivity contribution is 0.161. The van der Waals surface area contributed by atoms with E-state index in [1.54, 1.807) is 7.11 Å². The molecule has 1 aliphatic heterocycles. The van der Waals surface area contributed by atoms with E-state index in [2.05, 4.69) is 30.1 Å². The molecule has 1 aromatic rings. The fourth-order valence-electron chi connectivity index (χ4n) is 3.09. The molecule has 4 heteroatoms. The topological polar surface area (TPSA) is 50.5 Å².